The third-order valence-electron chi connectivity index (χ3n) is 4.12. The Morgan fingerprint density at radius 3 is 2.21 bits per heavy atom. The smallest absolute Gasteiger partial charge is 0.262 e. The van der Waals surface area contributed by atoms with Crippen molar-refractivity contribution in [3.05, 3.63) is 81.8 Å². The third-order valence-corrected chi connectivity index (χ3v) is 4.92. The third kappa shape index (κ3) is 4.64. The molecule has 0 saturated carbocycles. The summed E-state index contributed by atoms with van der Waals surface area (Å²) in [5.74, 6) is 0.208. The summed E-state index contributed by atoms with van der Waals surface area (Å²) in [6.45, 7) is 1.66. The SMILES string of the molecule is Cc1ccc(Cl)c(NC(=O)COc2ccc(-c3ccc(C#N)cc3)cc2)c1Cl. The highest BCUT2D eigenvalue weighted by atomic mass is 35.5. The first-order valence-corrected chi connectivity index (χ1v) is 9.21. The van der Waals surface area contributed by atoms with Gasteiger partial charge in [-0.15, -0.1) is 0 Å². The van der Waals surface area contributed by atoms with Crippen molar-refractivity contribution in [2.75, 3.05) is 11.9 Å². The molecular weight excluding hydrogens is 395 g/mol. The molecule has 6 heteroatoms. The molecule has 0 unspecified atom stereocenters. The lowest BCUT2D eigenvalue weighted by atomic mass is 10.0. The van der Waals surface area contributed by atoms with Crippen molar-refractivity contribution in [3.63, 3.8) is 0 Å². The van der Waals surface area contributed by atoms with Gasteiger partial charge in [-0.1, -0.05) is 53.5 Å². The van der Waals surface area contributed by atoms with Gasteiger partial charge < -0.3 is 10.1 Å². The predicted octanol–water partition coefficient (Wildman–Crippen LogP) is 5.86. The highest BCUT2D eigenvalue weighted by Gasteiger charge is 2.12. The number of aryl methyl sites for hydroxylation is 1. The molecule has 3 aromatic rings. The Morgan fingerprint density at radius 1 is 1.00 bits per heavy atom. The number of rotatable bonds is 5. The molecular formula is C22H16Cl2N2O2. The molecule has 0 aliphatic heterocycles. The largest absolute Gasteiger partial charge is 0.484 e. The topological polar surface area (TPSA) is 62.1 Å². The van der Waals surface area contributed by atoms with Gasteiger partial charge in [-0.2, -0.15) is 5.26 Å². The summed E-state index contributed by atoms with van der Waals surface area (Å²) in [4.78, 5) is 12.2. The monoisotopic (exact) mass is 410 g/mol. The van der Waals surface area contributed by atoms with Gasteiger partial charge in [0.15, 0.2) is 6.61 Å². The van der Waals surface area contributed by atoms with Crippen LogP contribution in [-0.4, -0.2) is 12.5 Å². The number of anilines is 1. The molecule has 28 heavy (non-hydrogen) atoms. The molecule has 4 nitrogen and oxygen atoms in total. The van der Waals surface area contributed by atoms with Crippen molar-refractivity contribution < 1.29 is 9.53 Å². The van der Waals surface area contributed by atoms with E-state index in [2.05, 4.69) is 11.4 Å². The van der Waals surface area contributed by atoms with E-state index in [0.29, 0.717) is 27.0 Å². The predicted molar refractivity (Wildman–Crippen MR) is 112 cm³/mol. The molecule has 0 fully saturated rings. The summed E-state index contributed by atoms with van der Waals surface area (Å²) in [6, 6.07) is 20.2. The maximum Gasteiger partial charge on any atom is 0.262 e. The van der Waals surface area contributed by atoms with E-state index in [-0.39, 0.29) is 12.5 Å². The second-order valence-electron chi connectivity index (χ2n) is 6.10. The summed E-state index contributed by atoms with van der Waals surface area (Å²) < 4.78 is 5.54. The molecule has 1 amide bonds. The summed E-state index contributed by atoms with van der Waals surface area (Å²) in [7, 11) is 0. The molecule has 3 rings (SSSR count). The molecule has 3 aromatic carbocycles. The Labute approximate surface area is 173 Å². The van der Waals surface area contributed by atoms with Crippen LogP contribution in [0.15, 0.2) is 60.7 Å². The van der Waals surface area contributed by atoms with Crippen LogP contribution >= 0.6 is 23.2 Å². The average Bonchev–Trinajstić information content (AvgIpc) is 2.73. The van der Waals surface area contributed by atoms with Gasteiger partial charge >= 0.3 is 0 Å². The van der Waals surface area contributed by atoms with Crippen molar-refractivity contribution in [2.24, 2.45) is 0 Å². The Kier molecular flexibility index (Phi) is 6.20. The zero-order valence-corrected chi connectivity index (χ0v) is 16.5. The fourth-order valence-electron chi connectivity index (χ4n) is 2.58. The highest BCUT2D eigenvalue weighted by molar-refractivity contribution is 6.40. The minimum Gasteiger partial charge on any atom is -0.484 e. The van der Waals surface area contributed by atoms with Gasteiger partial charge in [-0.3, -0.25) is 4.79 Å². The fourth-order valence-corrected chi connectivity index (χ4v) is 3.04. The number of benzene rings is 3. The van der Waals surface area contributed by atoms with Gasteiger partial charge in [0, 0.05) is 0 Å². The normalized spacial score (nSPS) is 10.2. The van der Waals surface area contributed by atoms with Crippen LogP contribution in [0.4, 0.5) is 5.69 Å². The van der Waals surface area contributed by atoms with Gasteiger partial charge in [0.25, 0.3) is 5.91 Å². The minimum atomic E-state index is -0.356. The second kappa shape index (κ2) is 8.79. The number of nitrogens with zero attached hydrogens (tertiary/aromatic N) is 1. The van der Waals surface area contributed by atoms with E-state index in [0.717, 1.165) is 16.7 Å². The second-order valence-corrected chi connectivity index (χ2v) is 6.89. The van der Waals surface area contributed by atoms with E-state index in [1.54, 1.807) is 36.4 Å². The molecule has 0 bridgehead atoms. The molecule has 1 N–H and O–H groups in total. The van der Waals surface area contributed by atoms with Crippen molar-refractivity contribution in [1.82, 2.24) is 0 Å². The number of ether oxygens (including phenoxy) is 1. The van der Waals surface area contributed by atoms with Crippen molar-refractivity contribution in [3.8, 4) is 22.9 Å². The van der Waals surface area contributed by atoms with Crippen molar-refractivity contribution >= 4 is 34.8 Å². The van der Waals surface area contributed by atoms with Crippen LogP contribution in [0.2, 0.25) is 10.0 Å². The van der Waals surface area contributed by atoms with Crippen LogP contribution < -0.4 is 10.1 Å². The lowest BCUT2D eigenvalue weighted by Gasteiger charge is -2.12. The van der Waals surface area contributed by atoms with Crippen LogP contribution in [0, 0.1) is 18.3 Å². The number of halogens is 2. The van der Waals surface area contributed by atoms with Crippen LogP contribution in [-0.2, 0) is 4.79 Å². The van der Waals surface area contributed by atoms with Gasteiger partial charge in [0.2, 0.25) is 0 Å². The summed E-state index contributed by atoms with van der Waals surface area (Å²) in [5, 5.41) is 12.3. The first kappa shape index (κ1) is 19.8. The zero-order chi connectivity index (χ0) is 20.1. The van der Waals surface area contributed by atoms with Crippen LogP contribution in [0.3, 0.4) is 0 Å². The zero-order valence-electron chi connectivity index (χ0n) is 15.0. The lowest BCUT2D eigenvalue weighted by molar-refractivity contribution is -0.118. The highest BCUT2D eigenvalue weighted by Crippen LogP contribution is 2.32. The number of hydrogen-bond donors (Lipinski definition) is 1. The number of carbonyl (C=O) groups is 1. The van der Waals surface area contributed by atoms with E-state index in [1.807, 2.05) is 31.2 Å². The van der Waals surface area contributed by atoms with E-state index < -0.39 is 0 Å². The standard InChI is InChI=1S/C22H16Cl2N2O2/c1-14-2-11-19(23)22(21(14)24)26-20(27)13-28-18-9-7-17(8-10-18)16-5-3-15(12-25)4-6-16/h2-11H,13H2,1H3,(H,26,27). The molecule has 0 spiro atoms. The van der Waals surface area contributed by atoms with E-state index in [9.17, 15) is 4.79 Å². The summed E-state index contributed by atoms with van der Waals surface area (Å²) in [6.07, 6.45) is 0. The fraction of sp³-hybridized carbons (Fsp3) is 0.0909. The van der Waals surface area contributed by atoms with Crippen LogP contribution in [0.1, 0.15) is 11.1 Å². The molecule has 0 aromatic heterocycles. The minimum absolute atomic E-state index is 0.170. The van der Waals surface area contributed by atoms with Crippen LogP contribution in [0.25, 0.3) is 11.1 Å². The quantitative estimate of drug-likeness (QED) is 0.572. The van der Waals surface area contributed by atoms with E-state index >= 15 is 0 Å². The first-order valence-electron chi connectivity index (χ1n) is 8.46. The Morgan fingerprint density at radius 2 is 1.61 bits per heavy atom. The van der Waals surface area contributed by atoms with Crippen LogP contribution in [0.5, 0.6) is 5.75 Å². The maximum absolute atomic E-state index is 12.2. The molecule has 0 saturated heterocycles. The molecule has 140 valence electrons. The summed E-state index contributed by atoms with van der Waals surface area (Å²) >= 11 is 12.3. The molecule has 0 radical (unpaired) electrons. The number of nitriles is 1. The number of amides is 1. The molecule has 0 aliphatic rings. The molecule has 0 aliphatic carbocycles. The van der Waals surface area contributed by atoms with Gasteiger partial charge in [0.1, 0.15) is 5.75 Å². The Balaban J connectivity index is 1.61. The van der Waals surface area contributed by atoms with Gasteiger partial charge in [-0.25, -0.2) is 0 Å². The van der Waals surface area contributed by atoms with Gasteiger partial charge in [0.05, 0.1) is 27.4 Å². The first-order chi connectivity index (χ1) is 13.5. The lowest BCUT2D eigenvalue weighted by Crippen LogP contribution is -2.20. The average molecular weight is 411 g/mol. The Hall–Kier alpha value is -3.00. The van der Waals surface area contributed by atoms with Gasteiger partial charge in [-0.05, 0) is 53.9 Å². The van der Waals surface area contributed by atoms with E-state index in [4.69, 9.17) is 33.2 Å². The van der Waals surface area contributed by atoms with E-state index in [1.165, 1.54) is 0 Å². The number of hydrogen-bond acceptors (Lipinski definition) is 3. The van der Waals surface area contributed by atoms with Crippen molar-refractivity contribution in [1.29, 1.82) is 5.26 Å². The number of carbonyl (C=O) groups excluding carboxylic acids is 1. The van der Waals surface area contributed by atoms with Crippen molar-refractivity contribution in [2.45, 2.75) is 6.92 Å². The maximum atomic E-state index is 12.2. The summed E-state index contributed by atoms with van der Waals surface area (Å²) in [5.41, 5.74) is 3.80. The molecule has 0 heterocycles. The Bertz CT molecular complexity index is 1040. The number of nitrogens with one attached hydrogen (secondary N) is 1. The molecule has 0 atom stereocenters.